The van der Waals surface area contributed by atoms with Gasteiger partial charge in [0.25, 0.3) is 0 Å². The predicted octanol–water partition coefficient (Wildman–Crippen LogP) is 0.738. The van der Waals surface area contributed by atoms with E-state index < -0.39 is 17.9 Å². The second kappa shape index (κ2) is 11.4. The molecule has 0 bridgehead atoms. The van der Waals surface area contributed by atoms with Crippen LogP contribution in [0.2, 0.25) is 5.54 Å². The molecular weight excluding hydrogens is 402 g/mol. The summed E-state index contributed by atoms with van der Waals surface area (Å²) in [5, 5.41) is 13.2. The van der Waals surface area contributed by atoms with Crippen LogP contribution in [0.3, 0.4) is 0 Å². The van der Waals surface area contributed by atoms with Crippen LogP contribution in [0.1, 0.15) is 39.2 Å². The molecule has 1 aromatic carbocycles. The van der Waals surface area contributed by atoms with Crippen molar-refractivity contribution in [3.05, 3.63) is 35.9 Å². The smallest absolute Gasteiger partial charge is 0.333 e. The van der Waals surface area contributed by atoms with E-state index >= 15 is 0 Å². The molecule has 1 saturated heterocycles. The number of carbonyl (C=O) groups is 2. The first-order valence-electron chi connectivity index (χ1n) is 10.5. The Bertz CT molecular complexity index is 686. The number of benzene rings is 1. The van der Waals surface area contributed by atoms with Gasteiger partial charge in [0.1, 0.15) is 6.10 Å². The molecule has 0 radical (unpaired) electrons. The fourth-order valence-electron chi connectivity index (χ4n) is 3.23. The first-order valence-corrected chi connectivity index (χ1v) is 11.7. The zero-order valence-corrected chi connectivity index (χ0v) is 20.4. The van der Waals surface area contributed by atoms with Crippen molar-refractivity contribution in [2.24, 2.45) is 0 Å². The highest BCUT2D eigenvalue weighted by Crippen LogP contribution is 2.21. The Morgan fingerprint density at radius 3 is 2.70 bits per heavy atom. The average Bonchev–Trinajstić information content (AvgIpc) is 2.84. The minimum atomic E-state index is -0.868. The third-order valence-electron chi connectivity index (χ3n) is 4.71. The van der Waals surface area contributed by atoms with Gasteiger partial charge >= 0.3 is 6.03 Å². The maximum absolute atomic E-state index is 12.5. The highest BCUT2D eigenvalue weighted by molar-refractivity contribution is 6.11. The molecule has 1 aliphatic heterocycles. The summed E-state index contributed by atoms with van der Waals surface area (Å²) in [5.41, 5.74) is 4.15. The molecule has 1 fully saturated rings. The number of hydrazine groups is 1. The first kappa shape index (κ1) is 24.3. The van der Waals surface area contributed by atoms with E-state index in [0.29, 0.717) is 25.0 Å². The van der Waals surface area contributed by atoms with E-state index in [4.69, 9.17) is 14.6 Å². The molecule has 0 spiro atoms. The van der Waals surface area contributed by atoms with Crippen LogP contribution in [-0.2, 0) is 20.7 Å². The summed E-state index contributed by atoms with van der Waals surface area (Å²) in [6.07, 6.45) is 0.557. The number of rotatable bonds is 10. The summed E-state index contributed by atoms with van der Waals surface area (Å²) in [4.78, 5) is 25.0. The van der Waals surface area contributed by atoms with Gasteiger partial charge in [-0.1, -0.05) is 37.3 Å². The summed E-state index contributed by atoms with van der Waals surface area (Å²) in [6.45, 7) is 6.53. The Kier molecular flexibility index (Phi) is 9.28. The Labute approximate surface area is 181 Å². The molecule has 0 aliphatic carbocycles. The number of aliphatic hydroxyl groups is 1. The van der Waals surface area contributed by atoms with Crippen LogP contribution in [0.25, 0.3) is 0 Å². The van der Waals surface area contributed by atoms with Gasteiger partial charge in [0.2, 0.25) is 5.91 Å². The largest absolute Gasteiger partial charge is 0.396 e. The molecule has 2 rings (SSSR count). The van der Waals surface area contributed by atoms with Crippen molar-refractivity contribution in [2.45, 2.75) is 63.5 Å². The summed E-state index contributed by atoms with van der Waals surface area (Å²) < 4.78 is 12.3. The molecule has 1 unspecified atom stereocenters. The predicted molar refractivity (Wildman–Crippen MR) is 118 cm³/mol. The number of urea groups is 1. The highest BCUT2D eigenvalue weighted by Gasteiger charge is 2.36. The lowest BCUT2D eigenvalue weighted by Gasteiger charge is -2.35. The fraction of sp³-hybridized carbons (Fsp3) is 0.619. The van der Waals surface area contributed by atoms with E-state index in [1.165, 1.54) is 5.01 Å². The molecule has 1 heterocycles. The monoisotopic (exact) mass is 437 g/mol. The van der Waals surface area contributed by atoms with Crippen molar-refractivity contribution in [3.8, 4) is 0 Å². The summed E-state index contributed by atoms with van der Waals surface area (Å²) in [5.74, 6) is -1.13. The summed E-state index contributed by atoms with van der Waals surface area (Å²) in [6, 6.07) is 9.04. The Morgan fingerprint density at radius 2 is 2.07 bits per heavy atom. The molecule has 8 nitrogen and oxygen atoms in total. The van der Waals surface area contributed by atoms with Crippen LogP contribution in [0.4, 0.5) is 4.79 Å². The Hall–Kier alpha value is -1.94. The lowest BCUT2D eigenvalue weighted by molar-refractivity contribution is -0.243. The average molecular weight is 438 g/mol. The van der Waals surface area contributed by atoms with Gasteiger partial charge in [-0.25, -0.2) is 15.2 Å². The number of hydrogen-bond donors (Lipinski definition) is 3. The van der Waals surface area contributed by atoms with Crippen molar-refractivity contribution in [1.82, 2.24) is 15.8 Å². The van der Waals surface area contributed by atoms with Gasteiger partial charge in [-0.3, -0.25) is 4.79 Å². The van der Waals surface area contributed by atoms with Gasteiger partial charge in [0.15, 0.2) is 5.79 Å². The van der Waals surface area contributed by atoms with Crippen molar-refractivity contribution < 1.29 is 24.2 Å². The standard InChI is InChI=1S/C21H35N3O5Si/c1-15(30)14-28-21(2,3)29-18-13-24(19(26)10-7-11-25)23-20(27)22-17(18)12-16-8-5-4-6-9-16/h4-6,8-9,15,17-18,25H,7,10-14H2,1-3,30H3,(H2,22,23,27)/t15?,17-,18-/m1/s1. The molecule has 168 valence electrons. The third-order valence-corrected chi connectivity index (χ3v) is 5.05. The number of ether oxygens (including phenoxy) is 2. The van der Waals surface area contributed by atoms with Crippen LogP contribution in [-0.4, -0.2) is 70.0 Å². The van der Waals surface area contributed by atoms with Gasteiger partial charge in [-0.15, -0.1) is 0 Å². The van der Waals surface area contributed by atoms with Gasteiger partial charge in [0.05, 0.1) is 12.6 Å². The SMILES string of the molecule is CC([SiH3])COC(C)(C)O[C@@H]1CN(C(=O)CCCO)NC(=O)N[C@@H]1Cc1ccccc1. The van der Waals surface area contributed by atoms with Crippen LogP contribution < -0.4 is 10.7 Å². The zero-order chi connectivity index (χ0) is 22.1. The second-order valence-corrected chi connectivity index (χ2v) is 10.4. The van der Waals surface area contributed by atoms with Gasteiger partial charge in [-0.2, -0.15) is 0 Å². The minimum Gasteiger partial charge on any atom is -0.396 e. The van der Waals surface area contributed by atoms with Crippen LogP contribution in [0.5, 0.6) is 0 Å². The van der Waals surface area contributed by atoms with Crippen LogP contribution in [0.15, 0.2) is 30.3 Å². The lowest BCUT2D eigenvalue weighted by atomic mass is 10.0. The number of nitrogens with zero attached hydrogens (tertiary/aromatic N) is 1. The van der Waals surface area contributed by atoms with Crippen molar-refractivity contribution in [3.63, 3.8) is 0 Å². The third kappa shape index (κ3) is 8.06. The molecule has 1 aromatic rings. The normalized spacial score (nSPS) is 20.9. The molecule has 0 aromatic heterocycles. The lowest BCUT2D eigenvalue weighted by Crippen LogP contribution is -2.50. The molecule has 0 saturated carbocycles. The number of nitrogens with one attached hydrogen (secondary N) is 2. The van der Waals surface area contributed by atoms with E-state index in [1.807, 2.05) is 44.2 Å². The molecule has 1 aliphatic rings. The van der Waals surface area contributed by atoms with Gasteiger partial charge in [0, 0.05) is 29.9 Å². The van der Waals surface area contributed by atoms with Crippen LogP contribution in [0, 0.1) is 0 Å². The first-order chi connectivity index (χ1) is 14.2. The van der Waals surface area contributed by atoms with Crippen LogP contribution >= 0.6 is 0 Å². The molecule has 3 atom stereocenters. The van der Waals surface area contributed by atoms with E-state index in [0.717, 1.165) is 15.8 Å². The van der Waals surface area contributed by atoms with E-state index in [1.54, 1.807) is 0 Å². The van der Waals surface area contributed by atoms with Gasteiger partial charge < -0.3 is 19.9 Å². The Morgan fingerprint density at radius 1 is 1.37 bits per heavy atom. The summed E-state index contributed by atoms with van der Waals surface area (Å²) in [7, 11) is 1.02. The zero-order valence-electron chi connectivity index (χ0n) is 18.4. The molecule has 3 amide bonds. The molecular formula is C21H35N3O5Si. The van der Waals surface area contributed by atoms with E-state index in [9.17, 15) is 9.59 Å². The number of aliphatic hydroxyl groups excluding tert-OH is 1. The Balaban J connectivity index is 2.21. The van der Waals surface area contributed by atoms with E-state index in [2.05, 4.69) is 17.7 Å². The highest BCUT2D eigenvalue weighted by atomic mass is 28.1. The molecule has 3 N–H and O–H groups in total. The second-order valence-electron chi connectivity index (χ2n) is 8.47. The summed E-state index contributed by atoms with van der Waals surface area (Å²) >= 11 is 0. The number of hydrogen-bond acceptors (Lipinski definition) is 5. The van der Waals surface area contributed by atoms with Gasteiger partial charge in [-0.05, 0) is 37.8 Å². The topological polar surface area (TPSA) is 100 Å². The fourth-order valence-corrected chi connectivity index (χ4v) is 3.40. The maximum Gasteiger partial charge on any atom is 0.333 e. The maximum atomic E-state index is 12.5. The molecule has 9 heteroatoms. The quantitative estimate of drug-likeness (QED) is 0.370. The van der Waals surface area contributed by atoms with Crippen molar-refractivity contribution >= 4 is 22.2 Å². The number of carbonyl (C=O) groups excluding carboxylic acids is 2. The van der Waals surface area contributed by atoms with E-state index in [-0.39, 0.29) is 31.5 Å². The molecule has 30 heavy (non-hydrogen) atoms. The minimum absolute atomic E-state index is 0.0816. The number of amides is 3. The van der Waals surface area contributed by atoms with Crippen molar-refractivity contribution in [2.75, 3.05) is 19.8 Å². The van der Waals surface area contributed by atoms with Crippen molar-refractivity contribution in [1.29, 1.82) is 0 Å².